The summed E-state index contributed by atoms with van der Waals surface area (Å²) in [6.45, 7) is 4.12. The van der Waals surface area contributed by atoms with E-state index < -0.39 is 12.2 Å². The fourth-order valence-electron chi connectivity index (χ4n) is 4.11. The van der Waals surface area contributed by atoms with Crippen LogP contribution >= 0.6 is 0 Å². The second-order valence-corrected chi connectivity index (χ2v) is 7.42. The molecule has 7 heteroatoms. The monoisotopic (exact) mass is 367 g/mol. The Balaban J connectivity index is 1.56. The van der Waals surface area contributed by atoms with Gasteiger partial charge >= 0.3 is 0 Å². The fraction of sp³-hybridized carbons (Fsp3) is 0.450. The quantitative estimate of drug-likeness (QED) is 0.861. The van der Waals surface area contributed by atoms with Gasteiger partial charge in [-0.15, -0.1) is 0 Å². The van der Waals surface area contributed by atoms with Crippen molar-refractivity contribution in [2.45, 2.75) is 19.1 Å². The molecule has 2 aromatic rings. The second kappa shape index (κ2) is 7.12. The number of hydrogen-bond acceptors (Lipinski definition) is 5. The minimum atomic E-state index is -1.03. The van der Waals surface area contributed by atoms with Gasteiger partial charge in [0.15, 0.2) is 0 Å². The van der Waals surface area contributed by atoms with Crippen LogP contribution in [0.5, 0.6) is 0 Å². The zero-order valence-corrected chi connectivity index (χ0v) is 15.2. The van der Waals surface area contributed by atoms with Gasteiger partial charge in [-0.05, 0) is 30.2 Å². The van der Waals surface area contributed by atoms with Crippen molar-refractivity contribution in [3.63, 3.8) is 0 Å². The molecule has 2 aliphatic heterocycles. The summed E-state index contributed by atoms with van der Waals surface area (Å²) in [4.78, 5) is 19.2. The zero-order chi connectivity index (χ0) is 19.0. The molecule has 1 amide bonds. The first-order valence-corrected chi connectivity index (χ1v) is 9.26. The number of aromatic nitrogens is 1. The van der Waals surface area contributed by atoms with Gasteiger partial charge in [-0.25, -0.2) is 4.39 Å². The maximum absolute atomic E-state index is 13.8. The van der Waals surface area contributed by atoms with Crippen LogP contribution in [-0.2, 0) is 4.79 Å². The summed E-state index contributed by atoms with van der Waals surface area (Å²) in [5.41, 5.74) is 2.19. The Bertz CT molecular complexity index is 911. The molecule has 2 saturated heterocycles. The van der Waals surface area contributed by atoms with E-state index in [9.17, 15) is 14.4 Å². The van der Waals surface area contributed by atoms with Crippen molar-refractivity contribution in [1.82, 2.24) is 15.6 Å². The summed E-state index contributed by atoms with van der Waals surface area (Å²) in [5, 5.41) is 16.1. The van der Waals surface area contributed by atoms with E-state index in [1.54, 1.807) is 12.3 Å². The highest BCUT2D eigenvalue weighted by atomic mass is 19.1. The van der Waals surface area contributed by atoms with Gasteiger partial charge < -0.3 is 15.5 Å². The van der Waals surface area contributed by atoms with E-state index in [4.69, 9.17) is 0 Å². The Morgan fingerprint density at radius 2 is 2.22 bits per heavy atom. The van der Waals surface area contributed by atoms with Gasteiger partial charge in [-0.2, -0.15) is 5.26 Å². The van der Waals surface area contributed by atoms with Crippen LogP contribution in [0, 0.1) is 23.2 Å². The van der Waals surface area contributed by atoms with Gasteiger partial charge in [0.25, 0.3) is 0 Å². The van der Waals surface area contributed by atoms with Crippen LogP contribution in [0.15, 0.2) is 30.5 Å². The van der Waals surface area contributed by atoms with Crippen molar-refractivity contribution >= 4 is 22.5 Å². The number of fused-ring (bicyclic) bond motifs is 1. The lowest BCUT2D eigenvalue weighted by molar-refractivity contribution is -0.126. The SMILES string of the molecule is CC1CN(c2ccc(C#N)c3ncccc23)CC1C(=O)N[C@H]1CNC[C@H]1F. The lowest BCUT2D eigenvalue weighted by atomic mass is 9.97. The van der Waals surface area contributed by atoms with E-state index in [0.29, 0.717) is 30.7 Å². The normalized spacial score (nSPS) is 27.7. The third kappa shape index (κ3) is 3.21. The van der Waals surface area contributed by atoms with E-state index in [1.165, 1.54) is 0 Å². The van der Waals surface area contributed by atoms with E-state index >= 15 is 0 Å². The molecular formula is C20H22FN5O. The van der Waals surface area contributed by atoms with Crippen molar-refractivity contribution in [3.05, 3.63) is 36.0 Å². The van der Waals surface area contributed by atoms with Crippen molar-refractivity contribution in [3.8, 4) is 6.07 Å². The van der Waals surface area contributed by atoms with Gasteiger partial charge in [0.2, 0.25) is 5.91 Å². The molecule has 2 fully saturated rings. The smallest absolute Gasteiger partial charge is 0.225 e. The van der Waals surface area contributed by atoms with Crippen molar-refractivity contribution < 1.29 is 9.18 Å². The number of nitrogens with zero attached hydrogens (tertiary/aromatic N) is 3. The topological polar surface area (TPSA) is 81.0 Å². The molecule has 0 radical (unpaired) electrons. The largest absolute Gasteiger partial charge is 0.370 e. The molecular weight excluding hydrogens is 345 g/mol. The molecule has 6 nitrogen and oxygen atoms in total. The standard InChI is InChI=1S/C20H22FN5O/c1-12-10-26(11-15(12)20(27)25-17-9-23-8-16(17)21)18-5-4-13(7-22)19-14(18)3-2-6-24-19/h2-6,12,15-17,23H,8-11H2,1H3,(H,25,27)/t12?,15?,16-,17+/m1/s1. The number of alkyl halides is 1. The molecule has 4 atom stereocenters. The number of rotatable bonds is 3. The minimum absolute atomic E-state index is 0.0857. The maximum Gasteiger partial charge on any atom is 0.225 e. The highest BCUT2D eigenvalue weighted by Crippen LogP contribution is 2.34. The summed E-state index contributed by atoms with van der Waals surface area (Å²) in [7, 11) is 0. The van der Waals surface area contributed by atoms with Crippen LogP contribution < -0.4 is 15.5 Å². The van der Waals surface area contributed by atoms with Gasteiger partial charge in [0, 0.05) is 43.4 Å². The molecule has 0 saturated carbocycles. The van der Waals surface area contributed by atoms with E-state index in [-0.39, 0.29) is 17.7 Å². The Kier molecular flexibility index (Phi) is 4.66. The molecule has 2 unspecified atom stereocenters. The number of benzene rings is 1. The van der Waals surface area contributed by atoms with Crippen LogP contribution in [0.2, 0.25) is 0 Å². The summed E-state index contributed by atoms with van der Waals surface area (Å²) in [5.74, 6) is -0.127. The van der Waals surface area contributed by atoms with Crippen LogP contribution in [0.25, 0.3) is 10.9 Å². The highest BCUT2D eigenvalue weighted by Gasteiger charge is 2.38. The molecule has 2 N–H and O–H groups in total. The van der Waals surface area contributed by atoms with Crippen LogP contribution in [-0.4, -0.2) is 49.3 Å². The van der Waals surface area contributed by atoms with E-state index in [1.807, 2.05) is 25.1 Å². The lowest BCUT2D eigenvalue weighted by Crippen LogP contribution is -2.45. The molecule has 0 aliphatic carbocycles. The highest BCUT2D eigenvalue weighted by molar-refractivity contribution is 5.95. The number of carbonyl (C=O) groups excluding carboxylic acids is 1. The van der Waals surface area contributed by atoms with Crippen molar-refractivity contribution in [2.75, 3.05) is 31.1 Å². The van der Waals surface area contributed by atoms with Crippen LogP contribution in [0.4, 0.5) is 10.1 Å². The van der Waals surface area contributed by atoms with Crippen LogP contribution in [0.1, 0.15) is 12.5 Å². The van der Waals surface area contributed by atoms with Gasteiger partial charge in [0.1, 0.15) is 12.2 Å². The summed E-state index contributed by atoms with van der Waals surface area (Å²) < 4.78 is 13.8. The number of carbonyl (C=O) groups is 1. The molecule has 140 valence electrons. The predicted octanol–water partition coefficient (Wildman–Crippen LogP) is 1.60. The van der Waals surface area contributed by atoms with Crippen molar-refractivity contribution in [2.24, 2.45) is 11.8 Å². The van der Waals surface area contributed by atoms with Gasteiger partial charge in [-0.3, -0.25) is 9.78 Å². The summed E-state index contributed by atoms with van der Waals surface area (Å²) >= 11 is 0. The Hall–Kier alpha value is -2.72. The lowest BCUT2D eigenvalue weighted by Gasteiger charge is -2.21. The number of pyridine rings is 1. The Morgan fingerprint density at radius 1 is 1.37 bits per heavy atom. The molecule has 1 aromatic carbocycles. The average Bonchev–Trinajstić information content (AvgIpc) is 3.26. The average molecular weight is 367 g/mol. The predicted molar refractivity (Wildman–Crippen MR) is 101 cm³/mol. The molecule has 1 aromatic heterocycles. The summed E-state index contributed by atoms with van der Waals surface area (Å²) in [6, 6.07) is 9.24. The first kappa shape index (κ1) is 17.7. The zero-order valence-electron chi connectivity index (χ0n) is 15.2. The van der Waals surface area contributed by atoms with Gasteiger partial charge in [-0.1, -0.05) is 6.92 Å². The van der Waals surface area contributed by atoms with Crippen LogP contribution in [0.3, 0.4) is 0 Å². The minimum Gasteiger partial charge on any atom is -0.370 e. The molecule has 0 bridgehead atoms. The number of amides is 1. The molecule has 4 rings (SSSR count). The number of halogens is 1. The number of anilines is 1. The summed E-state index contributed by atoms with van der Waals surface area (Å²) in [6.07, 6.45) is 0.647. The maximum atomic E-state index is 13.8. The molecule has 3 heterocycles. The Labute approximate surface area is 157 Å². The Morgan fingerprint density at radius 3 is 2.96 bits per heavy atom. The molecule has 0 spiro atoms. The first-order chi connectivity index (χ1) is 13.1. The number of nitriles is 1. The van der Waals surface area contributed by atoms with E-state index in [0.717, 1.165) is 17.6 Å². The molecule has 27 heavy (non-hydrogen) atoms. The van der Waals surface area contributed by atoms with E-state index in [2.05, 4.69) is 26.6 Å². The first-order valence-electron chi connectivity index (χ1n) is 9.26. The third-order valence-corrected chi connectivity index (χ3v) is 5.62. The second-order valence-electron chi connectivity index (χ2n) is 7.42. The number of nitrogens with one attached hydrogen (secondary N) is 2. The van der Waals surface area contributed by atoms with Gasteiger partial charge in [0.05, 0.1) is 23.0 Å². The molecule has 2 aliphatic rings. The third-order valence-electron chi connectivity index (χ3n) is 5.62. The van der Waals surface area contributed by atoms with Crippen molar-refractivity contribution in [1.29, 1.82) is 5.26 Å². The number of hydrogen-bond donors (Lipinski definition) is 2. The fourth-order valence-corrected chi connectivity index (χ4v) is 4.11.